The first kappa shape index (κ1) is 14.0. The van der Waals surface area contributed by atoms with Gasteiger partial charge in [-0.05, 0) is 18.5 Å². The predicted molar refractivity (Wildman–Crippen MR) is 82.2 cm³/mol. The Labute approximate surface area is 129 Å². The Hall–Kier alpha value is -0.950. The third-order valence-corrected chi connectivity index (χ3v) is 4.66. The minimum Gasteiger partial charge on any atom is -0.323 e. The van der Waals surface area contributed by atoms with Gasteiger partial charge in [0.15, 0.2) is 0 Å². The summed E-state index contributed by atoms with van der Waals surface area (Å²) in [6.45, 7) is 3.57. The summed E-state index contributed by atoms with van der Waals surface area (Å²) in [6.07, 6.45) is 0. The van der Waals surface area contributed by atoms with E-state index in [2.05, 4.69) is 19.4 Å². The van der Waals surface area contributed by atoms with Crippen LogP contribution in [0.2, 0.25) is 10.0 Å². The highest BCUT2D eigenvalue weighted by atomic mass is 35.5. The van der Waals surface area contributed by atoms with Crippen LogP contribution in [0.25, 0.3) is 0 Å². The molecule has 0 radical (unpaired) electrons. The third kappa shape index (κ3) is 2.37. The second kappa shape index (κ2) is 5.44. The van der Waals surface area contributed by atoms with E-state index in [0.29, 0.717) is 39.6 Å². The van der Waals surface area contributed by atoms with E-state index in [1.807, 2.05) is 6.92 Å². The fraction of sp³-hybridized carbons (Fsp3) is 0.417. The topological polar surface area (TPSA) is 65.8 Å². The summed E-state index contributed by atoms with van der Waals surface area (Å²) in [5.41, 5.74) is 1.59. The molecule has 2 N–H and O–H groups in total. The monoisotopic (exact) mass is 330 g/mol. The molecule has 0 spiro atoms. The van der Waals surface area contributed by atoms with Gasteiger partial charge < -0.3 is 10.6 Å². The maximum Gasteiger partial charge on any atom is 0.229 e. The number of anilines is 1. The third-order valence-electron chi connectivity index (χ3n) is 3.55. The summed E-state index contributed by atoms with van der Waals surface area (Å²) < 4.78 is 8.29. The number of nitrogens with one attached hydrogen (secondary N) is 2. The molecule has 1 aromatic carbocycles. The van der Waals surface area contributed by atoms with E-state index in [4.69, 9.17) is 23.2 Å². The molecule has 2 aliphatic rings. The Morgan fingerprint density at radius 3 is 2.80 bits per heavy atom. The first-order chi connectivity index (χ1) is 9.58. The molecule has 0 unspecified atom stereocenters. The van der Waals surface area contributed by atoms with Gasteiger partial charge in [0.1, 0.15) is 11.4 Å². The van der Waals surface area contributed by atoms with Gasteiger partial charge in [-0.1, -0.05) is 30.1 Å². The van der Waals surface area contributed by atoms with Gasteiger partial charge >= 0.3 is 0 Å². The van der Waals surface area contributed by atoms with Crippen LogP contribution >= 0.6 is 23.2 Å². The number of carbonyl (C=O) groups is 1. The Bertz CT molecular complexity index is 657. The molecule has 106 valence electrons. The van der Waals surface area contributed by atoms with Gasteiger partial charge in [0, 0.05) is 6.54 Å². The summed E-state index contributed by atoms with van der Waals surface area (Å²) in [4.78, 5) is 12.3. The SMILES string of the molecule is C[C@@H]1CNC[C@H]1C(=O)Nc1c(Cl)cc(Cl)c2c1N=S=N2. The van der Waals surface area contributed by atoms with Gasteiger partial charge in [0.05, 0.1) is 33.0 Å². The number of nitrogens with zero attached hydrogens (tertiary/aromatic N) is 2. The largest absolute Gasteiger partial charge is 0.323 e. The van der Waals surface area contributed by atoms with Gasteiger partial charge in [-0.15, -0.1) is 0 Å². The number of amides is 1. The summed E-state index contributed by atoms with van der Waals surface area (Å²) in [5.74, 6) is 0.175. The zero-order chi connectivity index (χ0) is 14.3. The predicted octanol–water partition coefficient (Wildman–Crippen LogP) is 3.51. The van der Waals surface area contributed by atoms with Crippen LogP contribution in [0, 0.1) is 11.8 Å². The average molecular weight is 331 g/mol. The maximum absolute atomic E-state index is 12.3. The Kier molecular flexibility index (Phi) is 3.81. The smallest absolute Gasteiger partial charge is 0.229 e. The van der Waals surface area contributed by atoms with Crippen molar-refractivity contribution in [1.82, 2.24) is 5.32 Å². The summed E-state index contributed by atoms with van der Waals surface area (Å²) in [5, 5.41) is 6.89. The molecule has 0 aromatic heterocycles. The number of halogens is 2. The van der Waals surface area contributed by atoms with Crippen molar-refractivity contribution in [3.63, 3.8) is 0 Å². The van der Waals surface area contributed by atoms with E-state index in [0.717, 1.165) is 17.9 Å². The number of fused-ring (bicyclic) bond motifs is 1. The highest BCUT2D eigenvalue weighted by molar-refractivity contribution is 7.58. The molecule has 3 rings (SSSR count). The van der Waals surface area contributed by atoms with Crippen molar-refractivity contribution in [3.8, 4) is 0 Å². The second-order valence-corrected chi connectivity index (χ2v) is 6.25. The quantitative estimate of drug-likeness (QED) is 0.884. The van der Waals surface area contributed by atoms with Crippen LogP contribution in [-0.2, 0) is 16.1 Å². The van der Waals surface area contributed by atoms with Crippen LogP contribution in [0.4, 0.5) is 17.1 Å². The molecule has 0 aliphatic carbocycles. The molecule has 8 heteroatoms. The average Bonchev–Trinajstić information content (AvgIpc) is 3.02. The lowest BCUT2D eigenvalue weighted by atomic mass is 9.97. The van der Waals surface area contributed by atoms with E-state index in [1.54, 1.807) is 6.07 Å². The van der Waals surface area contributed by atoms with Crippen LogP contribution < -0.4 is 10.6 Å². The lowest BCUT2D eigenvalue weighted by molar-refractivity contribution is -0.120. The molecule has 2 heterocycles. The van der Waals surface area contributed by atoms with E-state index in [-0.39, 0.29) is 11.8 Å². The highest BCUT2D eigenvalue weighted by Gasteiger charge is 2.31. The van der Waals surface area contributed by atoms with Crippen LogP contribution in [-0.4, -0.2) is 19.0 Å². The number of hydrogen-bond acceptors (Lipinski definition) is 4. The molecular formula is C12H12Cl2N4OS. The summed E-state index contributed by atoms with van der Waals surface area (Å²) in [6, 6.07) is 1.58. The van der Waals surface area contributed by atoms with Gasteiger partial charge in [-0.2, -0.15) is 8.73 Å². The molecule has 1 saturated heterocycles. The molecule has 0 bridgehead atoms. The van der Waals surface area contributed by atoms with Crippen molar-refractivity contribution >= 4 is 57.5 Å². The number of rotatable bonds is 2. The van der Waals surface area contributed by atoms with E-state index in [1.165, 1.54) is 0 Å². The zero-order valence-electron chi connectivity index (χ0n) is 10.6. The van der Waals surface area contributed by atoms with Crippen molar-refractivity contribution in [2.45, 2.75) is 6.92 Å². The van der Waals surface area contributed by atoms with Crippen molar-refractivity contribution in [2.75, 3.05) is 18.4 Å². The Balaban J connectivity index is 1.90. The molecular weight excluding hydrogens is 319 g/mol. The normalized spacial score (nSPS) is 23.6. The van der Waals surface area contributed by atoms with Gasteiger partial charge in [-0.25, -0.2) is 0 Å². The van der Waals surface area contributed by atoms with Crippen LogP contribution in [0.1, 0.15) is 6.92 Å². The minimum atomic E-state index is -0.0663. The molecule has 1 aromatic rings. The summed E-state index contributed by atoms with van der Waals surface area (Å²) in [7, 11) is 0. The summed E-state index contributed by atoms with van der Waals surface area (Å²) >= 11 is 13.3. The van der Waals surface area contributed by atoms with Crippen LogP contribution in [0.5, 0.6) is 0 Å². The number of hydrogen-bond donors (Lipinski definition) is 2. The minimum absolute atomic E-state index is 0.0546. The molecule has 5 nitrogen and oxygen atoms in total. The van der Waals surface area contributed by atoms with Gasteiger partial charge in [0.25, 0.3) is 0 Å². The Morgan fingerprint density at radius 2 is 2.10 bits per heavy atom. The fourth-order valence-electron chi connectivity index (χ4n) is 2.37. The number of benzene rings is 1. The highest BCUT2D eigenvalue weighted by Crippen LogP contribution is 2.47. The molecule has 0 saturated carbocycles. The van der Waals surface area contributed by atoms with Crippen LogP contribution in [0.15, 0.2) is 14.8 Å². The number of carbonyl (C=O) groups excluding carboxylic acids is 1. The fourth-order valence-corrected chi connectivity index (χ4v) is 3.53. The lowest BCUT2D eigenvalue weighted by Crippen LogP contribution is -2.28. The van der Waals surface area contributed by atoms with Crippen molar-refractivity contribution in [3.05, 3.63) is 16.1 Å². The second-order valence-electron chi connectivity index (χ2n) is 4.91. The van der Waals surface area contributed by atoms with Gasteiger partial charge in [0.2, 0.25) is 5.91 Å². The zero-order valence-corrected chi connectivity index (χ0v) is 12.9. The molecule has 1 amide bonds. The van der Waals surface area contributed by atoms with Crippen molar-refractivity contribution in [2.24, 2.45) is 20.6 Å². The first-order valence-corrected chi connectivity index (χ1v) is 7.68. The molecule has 20 heavy (non-hydrogen) atoms. The van der Waals surface area contributed by atoms with E-state index < -0.39 is 0 Å². The lowest BCUT2D eigenvalue weighted by Gasteiger charge is -2.16. The standard InChI is InChI=1S/C12H12Cl2N4OS/c1-5-3-15-4-6(5)12(19)16-9-7(13)2-8(14)10-11(9)18-20-17-10/h2,5-6,15H,3-4H2,1H3,(H,16,19)/t5-,6-/m1/s1. The molecule has 1 fully saturated rings. The first-order valence-electron chi connectivity index (χ1n) is 6.19. The Morgan fingerprint density at radius 1 is 1.35 bits per heavy atom. The maximum atomic E-state index is 12.3. The van der Waals surface area contributed by atoms with E-state index in [9.17, 15) is 4.79 Å². The van der Waals surface area contributed by atoms with Crippen molar-refractivity contribution in [1.29, 1.82) is 0 Å². The molecule has 2 atom stereocenters. The molecule has 2 aliphatic heterocycles. The van der Waals surface area contributed by atoms with Crippen molar-refractivity contribution < 1.29 is 4.79 Å². The van der Waals surface area contributed by atoms with Crippen LogP contribution in [0.3, 0.4) is 0 Å². The van der Waals surface area contributed by atoms with Gasteiger partial charge in [-0.3, -0.25) is 4.79 Å². The van der Waals surface area contributed by atoms with E-state index >= 15 is 0 Å².